The summed E-state index contributed by atoms with van der Waals surface area (Å²) in [6.45, 7) is 1.59. The van der Waals surface area contributed by atoms with Gasteiger partial charge in [-0.2, -0.15) is 5.10 Å². The van der Waals surface area contributed by atoms with E-state index in [0.29, 0.717) is 12.0 Å². The SMILES string of the molecule is ClC1CCOCC1Cc1ccn(C2CCCCC2)n1. The molecule has 106 valence electrons. The second kappa shape index (κ2) is 6.27. The monoisotopic (exact) mass is 282 g/mol. The van der Waals surface area contributed by atoms with Crippen molar-refractivity contribution in [2.24, 2.45) is 5.92 Å². The summed E-state index contributed by atoms with van der Waals surface area (Å²) in [6.07, 6.45) is 10.7. The minimum atomic E-state index is 0.244. The lowest BCUT2D eigenvalue weighted by molar-refractivity contribution is 0.0573. The number of alkyl halides is 1. The summed E-state index contributed by atoms with van der Waals surface area (Å²) < 4.78 is 7.71. The first kappa shape index (κ1) is 13.4. The quantitative estimate of drug-likeness (QED) is 0.793. The smallest absolute Gasteiger partial charge is 0.0628 e. The van der Waals surface area contributed by atoms with Gasteiger partial charge in [-0.25, -0.2) is 0 Å². The highest BCUT2D eigenvalue weighted by Gasteiger charge is 2.25. The molecule has 0 aromatic carbocycles. The van der Waals surface area contributed by atoms with E-state index in [-0.39, 0.29) is 5.38 Å². The van der Waals surface area contributed by atoms with Gasteiger partial charge in [-0.15, -0.1) is 11.6 Å². The Hall–Kier alpha value is -0.540. The Balaban J connectivity index is 1.60. The van der Waals surface area contributed by atoms with Crippen molar-refractivity contribution in [3.8, 4) is 0 Å². The van der Waals surface area contributed by atoms with Gasteiger partial charge in [0.05, 0.1) is 18.3 Å². The lowest BCUT2D eigenvalue weighted by atomic mass is 9.96. The van der Waals surface area contributed by atoms with Crippen LogP contribution in [0.4, 0.5) is 0 Å². The minimum Gasteiger partial charge on any atom is -0.381 e. The van der Waals surface area contributed by atoms with Gasteiger partial charge >= 0.3 is 0 Å². The predicted molar refractivity (Wildman–Crippen MR) is 76.6 cm³/mol. The molecule has 0 bridgehead atoms. The van der Waals surface area contributed by atoms with E-state index in [9.17, 15) is 0 Å². The van der Waals surface area contributed by atoms with Gasteiger partial charge in [0, 0.05) is 24.1 Å². The number of hydrogen-bond donors (Lipinski definition) is 0. The summed E-state index contributed by atoms with van der Waals surface area (Å²) >= 11 is 6.37. The maximum atomic E-state index is 6.37. The first-order chi connectivity index (χ1) is 9.33. The number of aromatic nitrogens is 2. The van der Waals surface area contributed by atoms with Gasteiger partial charge in [-0.1, -0.05) is 19.3 Å². The van der Waals surface area contributed by atoms with Crippen LogP contribution < -0.4 is 0 Å². The lowest BCUT2D eigenvalue weighted by Crippen LogP contribution is -2.29. The minimum absolute atomic E-state index is 0.244. The largest absolute Gasteiger partial charge is 0.381 e. The number of nitrogens with zero attached hydrogens (tertiary/aromatic N) is 2. The fourth-order valence-corrected chi connectivity index (χ4v) is 3.51. The van der Waals surface area contributed by atoms with E-state index in [1.165, 1.54) is 37.8 Å². The first-order valence-corrected chi connectivity index (χ1v) is 8.02. The number of rotatable bonds is 3. The van der Waals surface area contributed by atoms with Gasteiger partial charge in [-0.05, 0) is 31.7 Å². The standard InChI is InChI=1S/C15H23ClN2O/c16-15-7-9-19-11-12(15)10-13-6-8-18(17-13)14-4-2-1-3-5-14/h6,8,12,14-15H,1-5,7,9-11H2. The van der Waals surface area contributed by atoms with E-state index in [1.807, 2.05) is 0 Å². The van der Waals surface area contributed by atoms with Gasteiger partial charge in [0.2, 0.25) is 0 Å². The molecule has 2 unspecified atom stereocenters. The summed E-state index contributed by atoms with van der Waals surface area (Å²) in [5.74, 6) is 0.421. The van der Waals surface area contributed by atoms with Crippen molar-refractivity contribution >= 4 is 11.6 Å². The fraction of sp³-hybridized carbons (Fsp3) is 0.800. The molecule has 19 heavy (non-hydrogen) atoms. The lowest BCUT2D eigenvalue weighted by Gasteiger charge is -2.26. The maximum absolute atomic E-state index is 6.37. The van der Waals surface area contributed by atoms with Gasteiger partial charge in [0.15, 0.2) is 0 Å². The average Bonchev–Trinajstić information content (AvgIpc) is 2.91. The Morgan fingerprint density at radius 2 is 2.11 bits per heavy atom. The van der Waals surface area contributed by atoms with Crippen LogP contribution >= 0.6 is 11.6 Å². The second-order valence-corrected chi connectivity index (χ2v) is 6.48. The molecule has 2 aliphatic rings. The zero-order chi connectivity index (χ0) is 13.1. The van der Waals surface area contributed by atoms with Crippen molar-refractivity contribution in [3.05, 3.63) is 18.0 Å². The summed E-state index contributed by atoms with van der Waals surface area (Å²) in [5.41, 5.74) is 1.17. The van der Waals surface area contributed by atoms with Crippen LogP contribution in [0, 0.1) is 5.92 Å². The molecule has 1 saturated carbocycles. The van der Waals surface area contributed by atoms with E-state index in [2.05, 4.69) is 16.9 Å². The topological polar surface area (TPSA) is 27.1 Å². The summed E-state index contributed by atoms with van der Waals surface area (Å²) in [7, 11) is 0. The third-order valence-corrected chi connectivity index (χ3v) is 5.04. The molecule has 0 amide bonds. The Bertz CT molecular complexity index is 401. The van der Waals surface area contributed by atoms with Crippen LogP contribution in [0.15, 0.2) is 12.3 Å². The van der Waals surface area contributed by atoms with Crippen molar-refractivity contribution in [2.75, 3.05) is 13.2 Å². The molecule has 3 nitrogen and oxygen atoms in total. The molecule has 3 rings (SSSR count). The van der Waals surface area contributed by atoms with Crippen LogP contribution in [0.2, 0.25) is 0 Å². The van der Waals surface area contributed by atoms with Crippen LogP contribution in [-0.2, 0) is 11.2 Å². The first-order valence-electron chi connectivity index (χ1n) is 7.59. The Labute approximate surface area is 120 Å². The van der Waals surface area contributed by atoms with Crippen molar-refractivity contribution in [1.82, 2.24) is 9.78 Å². The molecule has 1 aliphatic carbocycles. The third-order valence-electron chi connectivity index (χ3n) is 4.47. The maximum Gasteiger partial charge on any atom is 0.0628 e. The predicted octanol–water partition coefficient (Wildman–Crippen LogP) is 3.57. The average molecular weight is 283 g/mol. The molecule has 2 fully saturated rings. The van der Waals surface area contributed by atoms with Gasteiger partial charge in [0.1, 0.15) is 0 Å². The highest BCUT2D eigenvalue weighted by Crippen LogP contribution is 2.28. The zero-order valence-corrected chi connectivity index (χ0v) is 12.2. The Morgan fingerprint density at radius 1 is 1.26 bits per heavy atom. The fourth-order valence-electron chi connectivity index (χ4n) is 3.26. The molecule has 0 spiro atoms. The van der Waals surface area contributed by atoms with Gasteiger partial charge in [-0.3, -0.25) is 4.68 Å². The van der Waals surface area contributed by atoms with Gasteiger partial charge < -0.3 is 4.74 Å². The van der Waals surface area contributed by atoms with Crippen molar-refractivity contribution in [2.45, 2.75) is 56.4 Å². The van der Waals surface area contributed by atoms with Crippen LogP contribution in [-0.4, -0.2) is 28.4 Å². The normalized spacial score (nSPS) is 29.5. The van der Waals surface area contributed by atoms with Crippen LogP contribution in [0.3, 0.4) is 0 Å². The van der Waals surface area contributed by atoms with Crippen LogP contribution in [0.25, 0.3) is 0 Å². The molecule has 2 atom stereocenters. The Morgan fingerprint density at radius 3 is 2.89 bits per heavy atom. The molecular weight excluding hydrogens is 260 g/mol. The third kappa shape index (κ3) is 3.32. The van der Waals surface area contributed by atoms with Crippen LogP contribution in [0.1, 0.15) is 50.3 Å². The molecule has 0 radical (unpaired) electrons. The van der Waals surface area contributed by atoms with Crippen molar-refractivity contribution < 1.29 is 4.74 Å². The molecule has 4 heteroatoms. The summed E-state index contributed by atoms with van der Waals surface area (Å²) in [4.78, 5) is 0. The van der Waals surface area contributed by atoms with E-state index >= 15 is 0 Å². The zero-order valence-electron chi connectivity index (χ0n) is 11.4. The number of halogens is 1. The molecule has 0 N–H and O–H groups in total. The number of ether oxygens (including phenoxy) is 1. The number of hydrogen-bond acceptors (Lipinski definition) is 2. The van der Waals surface area contributed by atoms with Gasteiger partial charge in [0.25, 0.3) is 0 Å². The summed E-state index contributed by atoms with van der Waals surface area (Å²) in [5, 5.41) is 5.01. The molecule has 2 heterocycles. The highest BCUT2D eigenvalue weighted by molar-refractivity contribution is 6.20. The van der Waals surface area contributed by atoms with Crippen LogP contribution in [0.5, 0.6) is 0 Å². The molecule has 1 saturated heterocycles. The highest BCUT2D eigenvalue weighted by atomic mass is 35.5. The van der Waals surface area contributed by atoms with E-state index in [0.717, 1.165) is 26.1 Å². The van der Waals surface area contributed by atoms with Crippen molar-refractivity contribution in [3.63, 3.8) is 0 Å². The summed E-state index contributed by atoms with van der Waals surface area (Å²) in [6, 6.07) is 2.78. The molecular formula is C15H23ClN2O. The van der Waals surface area contributed by atoms with E-state index in [4.69, 9.17) is 21.4 Å². The van der Waals surface area contributed by atoms with E-state index in [1.54, 1.807) is 0 Å². The Kier molecular flexibility index (Phi) is 4.44. The molecule has 1 aromatic rings. The second-order valence-electron chi connectivity index (χ2n) is 5.92. The molecule has 1 aliphatic heterocycles. The van der Waals surface area contributed by atoms with Crippen molar-refractivity contribution in [1.29, 1.82) is 0 Å². The van der Waals surface area contributed by atoms with E-state index < -0.39 is 0 Å². The molecule has 1 aromatic heterocycles.